The summed E-state index contributed by atoms with van der Waals surface area (Å²) in [4.78, 5) is 17.2. The summed E-state index contributed by atoms with van der Waals surface area (Å²) in [5.74, 6) is 0. The monoisotopic (exact) mass is 319 g/mol. The van der Waals surface area contributed by atoms with E-state index < -0.39 is 5.56 Å². The summed E-state index contributed by atoms with van der Waals surface area (Å²) in [6.07, 6.45) is 0. The van der Waals surface area contributed by atoms with Gasteiger partial charge in [0.05, 0.1) is 5.69 Å². The first kappa shape index (κ1) is 14.9. The van der Waals surface area contributed by atoms with Crippen LogP contribution < -0.4 is 5.56 Å². The summed E-state index contributed by atoms with van der Waals surface area (Å²) in [7, 11) is 0. The molecule has 0 bridgehead atoms. The third-order valence-corrected chi connectivity index (χ3v) is 3.76. The SMILES string of the molecule is Cc1cccc(-c2cccc(-c3[nH]c(=S)[nH]c(=O)c3C#N)c2)c1. The topological polar surface area (TPSA) is 72.4 Å². The summed E-state index contributed by atoms with van der Waals surface area (Å²) in [6.45, 7) is 2.04. The van der Waals surface area contributed by atoms with Gasteiger partial charge in [-0.05, 0) is 36.3 Å². The van der Waals surface area contributed by atoms with Gasteiger partial charge in [-0.3, -0.25) is 9.78 Å². The number of benzene rings is 2. The van der Waals surface area contributed by atoms with Crippen molar-refractivity contribution in [1.82, 2.24) is 9.97 Å². The molecule has 112 valence electrons. The van der Waals surface area contributed by atoms with Crippen molar-refractivity contribution in [1.29, 1.82) is 5.26 Å². The Morgan fingerprint density at radius 2 is 1.65 bits per heavy atom. The summed E-state index contributed by atoms with van der Waals surface area (Å²) in [5.41, 5.74) is 3.99. The van der Waals surface area contributed by atoms with Gasteiger partial charge in [0.15, 0.2) is 4.77 Å². The molecule has 0 atom stereocenters. The number of nitrogens with zero attached hydrogens (tertiary/aromatic N) is 1. The van der Waals surface area contributed by atoms with Gasteiger partial charge in [0.1, 0.15) is 11.6 Å². The van der Waals surface area contributed by atoms with Crippen LogP contribution in [0.1, 0.15) is 11.1 Å². The number of aromatic nitrogens is 2. The Kier molecular flexibility index (Phi) is 3.92. The van der Waals surface area contributed by atoms with Gasteiger partial charge in [0.25, 0.3) is 5.56 Å². The zero-order chi connectivity index (χ0) is 16.4. The molecule has 1 heterocycles. The lowest BCUT2D eigenvalue weighted by atomic mass is 9.99. The van der Waals surface area contributed by atoms with Crippen LogP contribution in [-0.2, 0) is 0 Å². The van der Waals surface area contributed by atoms with E-state index in [9.17, 15) is 10.1 Å². The molecule has 0 aliphatic heterocycles. The number of aromatic amines is 2. The zero-order valence-electron chi connectivity index (χ0n) is 12.4. The van der Waals surface area contributed by atoms with Crippen molar-refractivity contribution in [3.63, 3.8) is 0 Å². The maximum absolute atomic E-state index is 11.9. The average Bonchev–Trinajstić information content (AvgIpc) is 2.54. The third-order valence-electron chi connectivity index (χ3n) is 3.56. The summed E-state index contributed by atoms with van der Waals surface area (Å²) >= 11 is 5.02. The van der Waals surface area contributed by atoms with Gasteiger partial charge in [-0.25, -0.2) is 0 Å². The van der Waals surface area contributed by atoms with E-state index in [0.29, 0.717) is 5.69 Å². The van der Waals surface area contributed by atoms with Crippen molar-refractivity contribution >= 4 is 12.2 Å². The number of nitriles is 1. The molecule has 4 nitrogen and oxygen atoms in total. The molecule has 1 aromatic heterocycles. The second-order valence-electron chi connectivity index (χ2n) is 5.22. The molecule has 2 aromatic carbocycles. The van der Waals surface area contributed by atoms with Crippen LogP contribution in [0.4, 0.5) is 0 Å². The summed E-state index contributed by atoms with van der Waals surface area (Å²) in [6, 6.07) is 17.8. The molecule has 3 rings (SSSR count). The molecule has 2 N–H and O–H groups in total. The molecule has 0 amide bonds. The number of hydrogen-bond acceptors (Lipinski definition) is 3. The Morgan fingerprint density at radius 3 is 2.35 bits per heavy atom. The van der Waals surface area contributed by atoms with Gasteiger partial charge in [0.2, 0.25) is 0 Å². The van der Waals surface area contributed by atoms with Crippen LogP contribution in [0, 0.1) is 23.0 Å². The van der Waals surface area contributed by atoms with E-state index in [-0.39, 0.29) is 10.3 Å². The lowest BCUT2D eigenvalue weighted by molar-refractivity contribution is 1.08. The van der Waals surface area contributed by atoms with Crippen molar-refractivity contribution in [3.05, 3.63) is 74.8 Å². The van der Waals surface area contributed by atoms with E-state index >= 15 is 0 Å². The fourth-order valence-electron chi connectivity index (χ4n) is 2.49. The van der Waals surface area contributed by atoms with Crippen molar-refractivity contribution in [2.45, 2.75) is 6.92 Å². The minimum atomic E-state index is -0.479. The number of aryl methyl sites for hydroxylation is 1. The minimum Gasteiger partial charge on any atom is -0.331 e. The highest BCUT2D eigenvalue weighted by Gasteiger charge is 2.11. The molecule has 0 radical (unpaired) electrons. The van der Waals surface area contributed by atoms with E-state index in [4.69, 9.17) is 12.2 Å². The standard InChI is InChI=1S/C18H13N3OS/c1-11-4-2-5-12(8-11)13-6-3-7-14(9-13)16-15(10-19)17(22)21-18(23)20-16/h2-9H,1H3,(H2,20,21,22,23). The van der Waals surface area contributed by atoms with Crippen molar-refractivity contribution in [2.75, 3.05) is 0 Å². The van der Waals surface area contributed by atoms with Crippen LogP contribution in [0.2, 0.25) is 0 Å². The zero-order valence-corrected chi connectivity index (χ0v) is 13.2. The summed E-state index contributed by atoms with van der Waals surface area (Å²) in [5, 5.41) is 9.25. The van der Waals surface area contributed by atoms with Crippen molar-refractivity contribution < 1.29 is 0 Å². The first-order chi connectivity index (χ1) is 11.1. The van der Waals surface area contributed by atoms with Gasteiger partial charge in [-0.15, -0.1) is 0 Å². The Balaban J connectivity index is 2.21. The molecule has 0 aliphatic carbocycles. The molecule has 0 spiro atoms. The van der Waals surface area contributed by atoms with Crippen LogP contribution in [0.25, 0.3) is 22.4 Å². The van der Waals surface area contributed by atoms with Crippen LogP contribution in [0.5, 0.6) is 0 Å². The number of H-pyrrole nitrogens is 2. The number of hydrogen-bond donors (Lipinski definition) is 2. The smallest absolute Gasteiger partial charge is 0.270 e. The predicted octanol–water partition coefficient (Wildman–Crippen LogP) is 3.95. The molecule has 0 aliphatic rings. The lowest BCUT2D eigenvalue weighted by Gasteiger charge is -2.08. The molecule has 0 saturated heterocycles. The van der Waals surface area contributed by atoms with Crippen LogP contribution >= 0.6 is 12.2 Å². The Bertz CT molecular complexity index is 1040. The van der Waals surface area contributed by atoms with Gasteiger partial charge in [-0.2, -0.15) is 5.26 Å². The van der Waals surface area contributed by atoms with E-state index in [0.717, 1.165) is 16.7 Å². The van der Waals surface area contributed by atoms with Crippen LogP contribution in [0.15, 0.2) is 53.3 Å². The maximum atomic E-state index is 11.9. The fourth-order valence-corrected chi connectivity index (χ4v) is 2.68. The van der Waals surface area contributed by atoms with Crippen LogP contribution in [-0.4, -0.2) is 9.97 Å². The van der Waals surface area contributed by atoms with E-state index in [1.54, 1.807) is 0 Å². The maximum Gasteiger partial charge on any atom is 0.270 e. The van der Waals surface area contributed by atoms with Gasteiger partial charge < -0.3 is 4.98 Å². The highest BCUT2D eigenvalue weighted by molar-refractivity contribution is 7.71. The van der Waals surface area contributed by atoms with Gasteiger partial charge in [-0.1, -0.05) is 48.0 Å². The Morgan fingerprint density at radius 1 is 1.00 bits per heavy atom. The molecular formula is C18H13N3OS. The minimum absolute atomic E-state index is 0.0278. The van der Waals surface area contributed by atoms with Crippen LogP contribution in [0.3, 0.4) is 0 Å². The Hall–Kier alpha value is -2.97. The highest BCUT2D eigenvalue weighted by Crippen LogP contribution is 2.26. The average molecular weight is 319 g/mol. The quantitative estimate of drug-likeness (QED) is 0.703. The van der Waals surface area contributed by atoms with Gasteiger partial charge >= 0.3 is 0 Å². The molecular weight excluding hydrogens is 306 g/mol. The first-order valence-electron chi connectivity index (χ1n) is 7.02. The van der Waals surface area contributed by atoms with Gasteiger partial charge in [0, 0.05) is 5.56 Å². The molecule has 0 fully saturated rings. The van der Waals surface area contributed by atoms with Crippen molar-refractivity contribution in [3.8, 4) is 28.5 Å². The highest BCUT2D eigenvalue weighted by atomic mass is 32.1. The predicted molar refractivity (Wildman–Crippen MR) is 92.6 cm³/mol. The first-order valence-corrected chi connectivity index (χ1v) is 7.43. The summed E-state index contributed by atoms with van der Waals surface area (Å²) < 4.78 is 0.199. The molecule has 0 unspecified atom stereocenters. The van der Waals surface area contributed by atoms with E-state index in [1.807, 2.05) is 55.5 Å². The molecule has 23 heavy (non-hydrogen) atoms. The Labute approximate surface area is 138 Å². The third kappa shape index (κ3) is 2.98. The number of rotatable bonds is 2. The van der Waals surface area contributed by atoms with Crippen molar-refractivity contribution in [2.24, 2.45) is 0 Å². The molecule has 3 aromatic rings. The van der Waals surface area contributed by atoms with E-state index in [1.165, 1.54) is 5.56 Å². The lowest BCUT2D eigenvalue weighted by Crippen LogP contribution is -2.13. The number of nitrogens with one attached hydrogen (secondary N) is 2. The second-order valence-corrected chi connectivity index (χ2v) is 5.63. The largest absolute Gasteiger partial charge is 0.331 e. The van der Waals surface area contributed by atoms with E-state index in [2.05, 4.69) is 16.0 Å². The molecule has 5 heteroatoms. The molecule has 0 saturated carbocycles. The fraction of sp³-hybridized carbons (Fsp3) is 0.0556. The normalized spacial score (nSPS) is 10.3. The second kappa shape index (κ2) is 6.03.